The van der Waals surface area contributed by atoms with Crippen LogP contribution in [0, 0.1) is 0 Å². The lowest BCUT2D eigenvalue weighted by atomic mass is 11.1. The molecule has 0 aromatic heterocycles. The Kier molecular flexibility index (Phi) is 8.10. The zero-order valence-corrected chi connectivity index (χ0v) is 5.11. The van der Waals surface area contributed by atoms with Gasteiger partial charge in [-0.1, -0.05) is 6.58 Å². The van der Waals surface area contributed by atoms with Crippen LogP contribution < -0.4 is 11.5 Å². The zero-order chi connectivity index (χ0) is 8.57. The van der Waals surface area contributed by atoms with Crippen molar-refractivity contribution >= 4 is 12.2 Å². The molecule has 0 bridgehead atoms. The molecule has 0 aromatic carbocycles. The molecule has 2 amide bonds. The van der Waals surface area contributed by atoms with Crippen LogP contribution in [0.3, 0.4) is 0 Å². The maximum Gasteiger partial charge on any atom is 0.510 e. The average Bonchev–Trinajstić information content (AvgIpc) is 1.62. The van der Waals surface area contributed by atoms with E-state index in [9.17, 15) is 4.79 Å². The number of hydrogen-bond acceptors (Lipinski definition) is 3. The smallest absolute Gasteiger partial charge is 0.449 e. The first-order chi connectivity index (χ1) is 4.50. The van der Waals surface area contributed by atoms with E-state index in [4.69, 9.17) is 9.90 Å². The third kappa shape index (κ3) is 107. The van der Waals surface area contributed by atoms with Crippen LogP contribution in [0.4, 0.5) is 9.59 Å². The van der Waals surface area contributed by atoms with E-state index in [-0.39, 0.29) is 0 Å². The molecule has 10 heavy (non-hydrogen) atoms. The Labute approximate surface area is 57.1 Å². The normalized spacial score (nSPS) is 6.40. The van der Waals surface area contributed by atoms with Crippen LogP contribution in [-0.2, 0) is 4.74 Å². The van der Waals surface area contributed by atoms with Crippen LogP contribution in [0.15, 0.2) is 12.8 Å². The van der Waals surface area contributed by atoms with Gasteiger partial charge >= 0.3 is 12.2 Å². The Balaban J connectivity index is 0. The summed E-state index contributed by atoms with van der Waals surface area (Å²) in [7, 11) is 0. The van der Waals surface area contributed by atoms with Gasteiger partial charge in [0.1, 0.15) is 0 Å². The van der Waals surface area contributed by atoms with E-state index in [0.717, 1.165) is 6.26 Å². The van der Waals surface area contributed by atoms with Crippen LogP contribution in [0.1, 0.15) is 0 Å². The Morgan fingerprint density at radius 3 is 1.80 bits per heavy atom. The number of carboxylic acid groups (broad SMARTS) is 1. The summed E-state index contributed by atoms with van der Waals surface area (Å²) in [6.07, 6.45) is -0.479. The number of hydrogen-bond donors (Lipinski definition) is 3. The van der Waals surface area contributed by atoms with Crippen molar-refractivity contribution in [3.05, 3.63) is 12.8 Å². The van der Waals surface area contributed by atoms with E-state index in [1.165, 1.54) is 0 Å². The highest BCUT2D eigenvalue weighted by Gasteiger charge is 1.84. The van der Waals surface area contributed by atoms with Crippen LogP contribution in [0.5, 0.6) is 0 Å². The number of ether oxygens (including phenoxy) is 1. The molecule has 0 saturated carbocycles. The van der Waals surface area contributed by atoms with E-state index in [2.05, 4.69) is 22.8 Å². The van der Waals surface area contributed by atoms with Gasteiger partial charge in [0, 0.05) is 0 Å². The van der Waals surface area contributed by atoms with Crippen molar-refractivity contribution in [2.45, 2.75) is 0 Å². The van der Waals surface area contributed by atoms with E-state index < -0.39 is 12.2 Å². The van der Waals surface area contributed by atoms with Crippen LogP contribution in [0.25, 0.3) is 0 Å². The lowest BCUT2D eigenvalue weighted by Crippen LogP contribution is -2.18. The quantitative estimate of drug-likeness (QED) is 0.354. The molecule has 6 heteroatoms. The summed E-state index contributed by atoms with van der Waals surface area (Å²) in [6.45, 7) is 3.00. The van der Waals surface area contributed by atoms with Crippen molar-refractivity contribution in [3.63, 3.8) is 0 Å². The molecule has 0 aromatic rings. The number of rotatable bonds is 1. The molecule has 0 aliphatic heterocycles. The predicted octanol–water partition coefficient (Wildman–Crippen LogP) is -0.152. The fourth-order valence-corrected chi connectivity index (χ4v) is 0.0713. The highest BCUT2D eigenvalue weighted by molar-refractivity contribution is 5.69. The maximum absolute atomic E-state index is 9.31. The van der Waals surface area contributed by atoms with Gasteiger partial charge in [0.2, 0.25) is 0 Å². The summed E-state index contributed by atoms with van der Waals surface area (Å²) in [5, 5.41) is 7.62. The topological polar surface area (TPSA) is 116 Å². The lowest BCUT2D eigenvalue weighted by molar-refractivity contribution is 0.128. The molecule has 0 radical (unpaired) electrons. The molecule has 0 saturated heterocycles. The van der Waals surface area contributed by atoms with Gasteiger partial charge in [0.15, 0.2) is 0 Å². The summed E-state index contributed by atoms with van der Waals surface area (Å²) in [4.78, 5) is 18.3. The van der Waals surface area contributed by atoms with Gasteiger partial charge in [0.25, 0.3) is 0 Å². The van der Waals surface area contributed by atoms with E-state index in [0.29, 0.717) is 0 Å². The van der Waals surface area contributed by atoms with Gasteiger partial charge in [-0.3, -0.25) is 0 Å². The second kappa shape index (κ2) is 7.28. The molecule has 0 rings (SSSR count). The summed E-state index contributed by atoms with van der Waals surface area (Å²) < 4.78 is 3.72. The van der Waals surface area contributed by atoms with Gasteiger partial charge in [-0.15, -0.1) is 0 Å². The summed E-state index contributed by atoms with van der Waals surface area (Å²) in [6, 6.07) is -0.833. The van der Waals surface area contributed by atoms with E-state index in [1.54, 1.807) is 0 Å². The fraction of sp³-hybridized carbons (Fsp3) is 0. The highest BCUT2D eigenvalue weighted by atomic mass is 16.7. The molecule has 0 spiro atoms. The van der Waals surface area contributed by atoms with Gasteiger partial charge < -0.3 is 21.3 Å². The predicted molar refractivity (Wildman–Crippen MR) is 33.1 cm³/mol. The second-order valence-corrected chi connectivity index (χ2v) is 0.953. The van der Waals surface area contributed by atoms with Gasteiger partial charge in [-0.05, 0) is 0 Å². The van der Waals surface area contributed by atoms with Gasteiger partial charge in [0.05, 0.1) is 6.26 Å². The number of nitrogens with two attached hydrogens (primary N) is 2. The first kappa shape index (κ1) is 11.1. The minimum Gasteiger partial charge on any atom is -0.449 e. The van der Waals surface area contributed by atoms with Crippen molar-refractivity contribution in [2.24, 2.45) is 11.5 Å². The fourth-order valence-electron chi connectivity index (χ4n) is 0.0713. The maximum atomic E-state index is 9.31. The molecule has 0 fully saturated rings. The number of carbonyl (C=O) groups is 2. The number of urea groups is 1. The van der Waals surface area contributed by atoms with Crippen LogP contribution >= 0.6 is 0 Å². The number of carbonyl (C=O) groups excluding carboxylic acids is 1. The lowest BCUT2D eigenvalue weighted by Gasteiger charge is -1.81. The molecule has 0 unspecified atom stereocenters. The molecular weight excluding hydrogens is 140 g/mol. The van der Waals surface area contributed by atoms with Gasteiger partial charge in [-0.2, -0.15) is 0 Å². The molecule has 0 atom stereocenters. The average molecular weight is 148 g/mol. The Morgan fingerprint density at radius 2 is 1.80 bits per heavy atom. The number of primary amides is 2. The first-order valence-electron chi connectivity index (χ1n) is 2.06. The first-order valence-corrected chi connectivity index (χ1v) is 2.06. The molecule has 58 valence electrons. The third-order valence-corrected chi connectivity index (χ3v) is 0.184. The monoisotopic (exact) mass is 148 g/mol. The minimum atomic E-state index is -1.33. The highest BCUT2D eigenvalue weighted by Crippen LogP contribution is 1.70. The molecule has 6 nitrogen and oxygen atoms in total. The van der Waals surface area contributed by atoms with Crippen molar-refractivity contribution in [2.75, 3.05) is 0 Å². The zero-order valence-electron chi connectivity index (χ0n) is 5.11. The SMILES string of the molecule is C=COC(=O)O.NC(N)=O. The minimum absolute atomic E-state index is 0.833. The standard InChI is InChI=1S/C3H4O3.CH4N2O/c1-2-6-3(4)5;2-1(3)4/h2H,1H2,(H,4,5);(H4,2,3,4). The molecule has 0 heterocycles. The van der Waals surface area contributed by atoms with E-state index in [1.807, 2.05) is 0 Å². The summed E-state index contributed by atoms with van der Waals surface area (Å²) >= 11 is 0. The Hall–Kier alpha value is -1.72. The van der Waals surface area contributed by atoms with Crippen molar-refractivity contribution in [1.82, 2.24) is 0 Å². The van der Waals surface area contributed by atoms with Crippen molar-refractivity contribution in [1.29, 1.82) is 0 Å². The summed E-state index contributed by atoms with van der Waals surface area (Å²) in [5.74, 6) is 0. The Morgan fingerprint density at radius 1 is 1.50 bits per heavy atom. The van der Waals surface area contributed by atoms with Gasteiger partial charge in [-0.25, -0.2) is 9.59 Å². The second-order valence-electron chi connectivity index (χ2n) is 0.953. The van der Waals surface area contributed by atoms with Crippen LogP contribution in [-0.4, -0.2) is 17.3 Å². The van der Waals surface area contributed by atoms with Crippen molar-refractivity contribution < 1.29 is 19.4 Å². The van der Waals surface area contributed by atoms with E-state index >= 15 is 0 Å². The van der Waals surface area contributed by atoms with Crippen LogP contribution in [0.2, 0.25) is 0 Å². The molecule has 5 N–H and O–H groups in total. The molecule has 0 aliphatic rings. The van der Waals surface area contributed by atoms with Crippen molar-refractivity contribution in [3.8, 4) is 0 Å². The third-order valence-electron chi connectivity index (χ3n) is 0.184. The molecular formula is C4H8N2O4. The molecule has 0 aliphatic carbocycles. The summed E-state index contributed by atoms with van der Waals surface area (Å²) in [5.41, 5.74) is 8.50. The Bertz CT molecular complexity index is 129. The number of amides is 2. The largest absolute Gasteiger partial charge is 0.510 e.